The summed E-state index contributed by atoms with van der Waals surface area (Å²) in [4.78, 5) is 0. The Morgan fingerprint density at radius 2 is 0.961 bits per heavy atom. The summed E-state index contributed by atoms with van der Waals surface area (Å²) in [5.41, 5.74) is 19.0. The summed E-state index contributed by atoms with van der Waals surface area (Å²) in [5.74, 6) is -1.62. The zero-order valence-corrected chi connectivity index (χ0v) is 37.5. The van der Waals surface area contributed by atoms with Crippen LogP contribution in [0.15, 0.2) is 92.9 Å². The number of rotatable bonds is 5. The second-order valence-corrected chi connectivity index (χ2v) is 48.3. The number of anilines is 2. The minimum atomic E-state index is -4.91. The van der Waals surface area contributed by atoms with Crippen LogP contribution in [0.5, 0.6) is 0 Å². The molecule has 0 bridgehead atoms. The molecule has 0 spiro atoms. The minimum absolute atomic E-state index is 0.381. The average Bonchev–Trinajstić information content (AvgIpc) is 3.68. The van der Waals surface area contributed by atoms with Crippen LogP contribution >= 0.6 is 31.9 Å². The maximum absolute atomic E-state index is 4.91. The Labute approximate surface area is 325 Å². The monoisotopic (exact) mass is 895 g/mol. The Bertz CT molecular complexity index is 1960. The molecule has 4 aromatic rings. The summed E-state index contributed by atoms with van der Waals surface area (Å²) in [6, 6.07) is 28.8. The van der Waals surface area contributed by atoms with Crippen LogP contribution in [0.4, 0.5) is 11.4 Å². The van der Waals surface area contributed by atoms with Crippen molar-refractivity contribution in [2.45, 2.75) is 92.0 Å². The molecule has 2 atom stereocenters. The van der Waals surface area contributed by atoms with Crippen molar-refractivity contribution in [1.29, 1.82) is 0 Å². The molecule has 5 aliphatic rings. The van der Waals surface area contributed by atoms with Gasteiger partial charge in [0.05, 0.1) is 0 Å². The van der Waals surface area contributed by atoms with Gasteiger partial charge in [-0.3, -0.25) is 0 Å². The van der Waals surface area contributed by atoms with Crippen LogP contribution in [0.3, 0.4) is 0 Å². The fraction of sp³-hybridized carbons (Fsp3) is 0.378. The predicted molar refractivity (Wildman–Crippen MR) is 225 cm³/mol. The molecule has 0 aromatic heterocycles. The number of allylic oxidation sites excluding steroid dienone is 2. The molecule has 1 heterocycles. The van der Waals surface area contributed by atoms with Crippen LogP contribution in [0.2, 0.25) is 13.1 Å². The predicted octanol–water partition coefficient (Wildman–Crippen LogP) is 12.5. The molecular weight excluding hydrogens is 848 g/mol. The van der Waals surface area contributed by atoms with E-state index >= 15 is 0 Å². The number of benzene rings is 4. The molecule has 1 aliphatic heterocycles. The summed E-state index contributed by atoms with van der Waals surface area (Å²) in [5, 5.41) is 0. The van der Waals surface area contributed by atoms with Gasteiger partial charge in [0.15, 0.2) is 0 Å². The van der Waals surface area contributed by atoms with Gasteiger partial charge in [0.25, 0.3) is 0 Å². The van der Waals surface area contributed by atoms with Crippen LogP contribution < -0.4 is 5.69 Å². The van der Waals surface area contributed by atoms with Crippen molar-refractivity contribution >= 4 is 61.3 Å². The van der Waals surface area contributed by atoms with Crippen molar-refractivity contribution < 1.29 is 18.5 Å². The van der Waals surface area contributed by atoms with Crippen molar-refractivity contribution in [2.24, 2.45) is 0 Å². The molecule has 4 aromatic carbocycles. The quantitative estimate of drug-likeness (QED) is 0.184. The van der Waals surface area contributed by atoms with Crippen LogP contribution in [0, 0.1) is 0 Å². The molecule has 0 saturated carbocycles. The van der Waals surface area contributed by atoms with Crippen LogP contribution in [-0.4, -0.2) is 19.0 Å². The van der Waals surface area contributed by atoms with Gasteiger partial charge in [0, 0.05) is 0 Å². The molecule has 51 heavy (non-hydrogen) atoms. The topological polar surface area (TPSA) is 6.48 Å². The van der Waals surface area contributed by atoms with Gasteiger partial charge < -0.3 is 0 Å². The van der Waals surface area contributed by atoms with E-state index in [0.29, 0.717) is 7.25 Å². The number of hydrogen-bond acceptors (Lipinski definition) is 2. The van der Waals surface area contributed by atoms with Gasteiger partial charge >= 0.3 is 328 Å². The molecule has 1 saturated heterocycles. The normalized spacial score (nSPS) is 23.8. The molecule has 2 nitrogen and oxygen atoms in total. The van der Waals surface area contributed by atoms with E-state index in [1.807, 2.05) is 0 Å². The van der Waals surface area contributed by atoms with Gasteiger partial charge in [-0.1, -0.05) is 0 Å². The third-order valence-electron chi connectivity index (χ3n) is 14.1. The molecule has 2 unspecified atom stereocenters. The molecule has 0 N–H and O–H groups in total. The van der Waals surface area contributed by atoms with E-state index in [1.165, 1.54) is 78.1 Å². The molecular formula is C45H51Br2N2SiZr. The SMILES string of the molecule is CC1=Cc2c(cc(Br)c3c2CCCC3)[CH]1[Zr]1([CH]2C(C)=Cc3c2cc(Br)c2c3CCCC2)([SiH](C)C)[N](c2ccccc2)CCC[N]1c1ccccc1. The fourth-order valence-corrected chi connectivity index (χ4v) is 64.6. The third kappa shape index (κ3) is 4.77. The van der Waals surface area contributed by atoms with E-state index in [2.05, 4.69) is 149 Å². The maximum atomic E-state index is 4.24. The summed E-state index contributed by atoms with van der Waals surface area (Å²) in [6.07, 6.45) is 16.5. The summed E-state index contributed by atoms with van der Waals surface area (Å²) >= 11 is 3.56. The molecule has 0 radical (unpaired) electrons. The molecule has 9 rings (SSSR count). The zero-order valence-electron chi connectivity index (χ0n) is 30.7. The van der Waals surface area contributed by atoms with Crippen molar-refractivity contribution in [1.82, 2.24) is 0 Å². The van der Waals surface area contributed by atoms with Crippen LogP contribution in [0.1, 0.15) is 97.7 Å². The number of nitrogens with zero attached hydrogens (tertiary/aromatic N) is 2. The first kappa shape index (κ1) is 34.8. The van der Waals surface area contributed by atoms with E-state index in [4.69, 9.17) is 0 Å². The third-order valence-corrected chi connectivity index (χ3v) is 60.7. The average molecular weight is 899 g/mol. The standard InChI is InChI=1S/C15H16N2.2C14H14Br.C2H7Si.Zr/c1-3-8-14(9-4-1)16-12-7-13-17-15-10-5-2-6-11-15;2*1-9-6-10-8-14(15)12-5-3-2-4-11(12)13(10)7-9;1-3-2;/h1-6,8-11H,7,12-13H2;2*6-8H,2-5H2,1H3;3H,1-2H3;/q-2;;;;+2. The van der Waals surface area contributed by atoms with Crippen LogP contribution in [-0.2, 0) is 44.2 Å². The Hall–Kier alpha value is -1.98. The second-order valence-electron chi connectivity index (χ2n) is 16.6. The fourth-order valence-electron chi connectivity index (χ4n) is 12.5. The van der Waals surface area contributed by atoms with Crippen molar-refractivity contribution in [3.63, 3.8) is 0 Å². The first-order valence-corrected chi connectivity index (χ1v) is 33.4. The van der Waals surface area contributed by atoms with Gasteiger partial charge in [-0.15, -0.1) is 0 Å². The number of hydrogen-bond donors (Lipinski definition) is 0. The molecule has 1 fully saturated rings. The van der Waals surface area contributed by atoms with E-state index in [0.717, 1.165) is 13.1 Å². The molecule has 6 heteroatoms. The summed E-state index contributed by atoms with van der Waals surface area (Å²) in [6.45, 7) is 12.9. The van der Waals surface area contributed by atoms with E-state index in [-0.39, 0.29) is 0 Å². The van der Waals surface area contributed by atoms with Crippen molar-refractivity contribution in [3.8, 4) is 0 Å². The number of fused-ring (bicyclic) bond motifs is 6. The summed E-state index contributed by atoms with van der Waals surface area (Å²) in [7, 11) is 0. The van der Waals surface area contributed by atoms with Gasteiger partial charge in [-0.2, -0.15) is 0 Å². The second kappa shape index (κ2) is 13.1. The Kier molecular flexibility index (Phi) is 8.93. The van der Waals surface area contributed by atoms with Gasteiger partial charge in [-0.05, 0) is 0 Å². The van der Waals surface area contributed by atoms with E-state index in [9.17, 15) is 0 Å². The molecule has 263 valence electrons. The first-order chi connectivity index (χ1) is 24.8. The first-order valence-electron chi connectivity index (χ1n) is 19.6. The van der Waals surface area contributed by atoms with Crippen LogP contribution in [0.25, 0.3) is 12.2 Å². The van der Waals surface area contributed by atoms with E-state index < -0.39 is 24.4 Å². The molecule has 0 amide bonds. The number of halogens is 2. The van der Waals surface area contributed by atoms with E-state index in [1.54, 1.807) is 55.7 Å². The van der Waals surface area contributed by atoms with Crippen molar-refractivity contribution in [3.05, 3.63) is 137 Å². The van der Waals surface area contributed by atoms with Gasteiger partial charge in [0.2, 0.25) is 0 Å². The molecule has 4 aliphatic carbocycles. The number of para-hydroxylation sites is 2. The Morgan fingerprint density at radius 3 is 1.35 bits per heavy atom. The van der Waals surface area contributed by atoms with Gasteiger partial charge in [0.1, 0.15) is 0 Å². The summed E-state index contributed by atoms with van der Waals surface area (Å²) < 4.78 is 9.90. The Morgan fingerprint density at radius 1 is 0.569 bits per heavy atom. The van der Waals surface area contributed by atoms with Gasteiger partial charge in [-0.25, -0.2) is 0 Å². The van der Waals surface area contributed by atoms with Crippen molar-refractivity contribution in [2.75, 3.05) is 18.8 Å². The zero-order chi connectivity index (χ0) is 35.1. The Balaban J connectivity index is 1.47.